The summed E-state index contributed by atoms with van der Waals surface area (Å²) in [6.45, 7) is 13.3. The summed E-state index contributed by atoms with van der Waals surface area (Å²) in [4.78, 5) is 2.57. The summed E-state index contributed by atoms with van der Waals surface area (Å²) >= 11 is 0. The number of ether oxygens (including phenoxy) is 1. The van der Waals surface area contributed by atoms with Crippen LogP contribution in [0.3, 0.4) is 0 Å². The fourth-order valence-corrected chi connectivity index (χ4v) is 2.92. The van der Waals surface area contributed by atoms with E-state index in [1.807, 2.05) is 0 Å². The van der Waals surface area contributed by atoms with Crippen molar-refractivity contribution in [1.82, 2.24) is 10.2 Å². The van der Waals surface area contributed by atoms with Crippen molar-refractivity contribution in [2.45, 2.75) is 40.0 Å². The van der Waals surface area contributed by atoms with E-state index >= 15 is 0 Å². The molecule has 0 aromatic heterocycles. The lowest BCUT2D eigenvalue weighted by Gasteiger charge is -2.27. The number of nitrogens with zero attached hydrogens (tertiary/aromatic N) is 1. The first-order valence-corrected chi connectivity index (χ1v) is 8.37. The van der Waals surface area contributed by atoms with Crippen LogP contribution in [0.25, 0.3) is 0 Å². The molecule has 3 heteroatoms. The van der Waals surface area contributed by atoms with Crippen LogP contribution in [0.4, 0.5) is 0 Å². The van der Waals surface area contributed by atoms with Gasteiger partial charge in [0, 0.05) is 26.2 Å². The van der Waals surface area contributed by atoms with Crippen LogP contribution in [0.1, 0.15) is 36.5 Å². The summed E-state index contributed by atoms with van der Waals surface area (Å²) in [6.07, 6.45) is 3.48. The van der Waals surface area contributed by atoms with Crippen molar-refractivity contribution >= 4 is 0 Å². The molecule has 0 spiro atoms. The largest absolute Gasteiger partial charge is 0.493 e. The molecular weight excluding hydrogens is 260 g/mol. The van der Waals surface area contributed by atoms with Gasteiger partial charge in [-0.25, -0.2) is 0 Å². The van der Waals surface area contributed by atoms with Crippen molar-refractivity contribution in [2.75, 3.05) is 39.3 Å². The molecule has 3 nitrogen and oxygen atoms in total. The standard InChI is InChI=1S/C18H30N2O/c1-4-14-21-18-8-7-17(15(2)16(18)3)6-5-11-20-12-9-19-10-13-20/h7-8,19H,4-6,9-14H2,1-3H3. The van der Waals surface area contributed by atoms with E-state index in [2.05, 4.69) is 43.1 Å². The van der Waals surface area contributed by atoms with Gasteiger partial charge in [0.1, 0.15) is 5.75 Å². The van der Waals surface area contributed by atoms with Crippen LogP contribution in [0.2, 0.25) is 0 Å². The number of aryl methyl sites for hydroxylation is 1. The maximum Gasteiger partial charge on any atom is 0.122 e. The Kier molecular flexibility index (Phi) is 6.52. The Morgan fingerprint density at radius 3 is 2.62 bits per heavy atom. The predicted octanol–water partition coefficient (Wildman–Crippen LogP) is 2.93. The molecule has 1 N–H and O–H groups in total. The van der Waals surface area contributed by atoms with Gasteiger partial charge in [0.2, 0.25) is 0 Å². The Labute approximate surface area is 129 Å². The van der Waals surface area contributed by atoms with Gasteiger partial charge in [-0.1, -0.05) is 13.0 Å². The van der Waals surface area contributed by atoms with E-state index in [0.717, 1.165) is 31.9 Å². The highest BCUT2D eigenvalue weighted by atomic mass is 16.5. The lowest BCUT2D eigenvalue weighted by Crippen LogP contribution is -2.43. The molecule has 1 aliphatic rings. The monoisotopic (exact) mass is 290 g/mol. The van der Waals surface area contributed by atoms with Crippen LogP contribution >= 0.6 is 0 Å². The normalized spacial score (nSPS) is 16.1. The number of nitrogens with one attached hydrogen (secondary N) is 1. The van der Waals surface area contributed by atoms with Crippen molar-refractivity contribution in [1.29, 1.82) is 0 Å². The van der Waals surface area contributed by atoms with Gasteiger partial charge in [-0.05, 0) is 62.4 Å². The highest BCUT2D eigenvalue weighted by Gasteiger charge is 2.10. The molecule has 118 valence electrons. The second-order valence-corrected chi connectivity index (χ2v) is 6.02. The molecule has 0 unspecified atom stereocenters. The smallest absolute Gasteiger partial charge is 0.122 e. The minimum atomic E-state index is 0.808. The average Bonchev–Trinajstić information content (AvgIpc) is 2.52. The number of piperazine rings is 1. The molecule has 1 fully saturated rings. The molecule has 2 rings (SSSR count). The zero-order chi connectivity index (χ0) is 15.1. The van der Waals surface area contributed by atoms with Crippen molar-refractivity contribution in [3.63, 3.8) is 0 Å². The first-order chi connectivity index (χ1) is 10.2. The molecule has 1 saturated heterocycles. The number of hydrogen-bond acceptors (Lipinski definition) is 3. The van der Waals surface area contributed by atoms with Crippen molar-refractivity contribution in [2.24, 2.45) is 0 Å². The van der Waals surface area contributed by atoms with Gasteiger partial charge < -0.3 is 15.0 Å². The van der Waals surface area contributed by atoms with Gasteiger partial charge >= 0.3 is 0 Å². The van der Waals surface area contributed by atoms with Gasteiger partial charge in [0.25, 0.3) is 0 Å². The third-order valence-electron chi connectivity index (χ3n) is 4.44. The topological polar surface area (TPSA) is 24.5 Å². The summed E-state index contributed by atoms with van der Waals surface area (Å²) in [5, 5.41) is 3.41. The maximum atomic E-state index is 5.81. The Hall–Kier alpha value is -1.06. The van der Waals surface area contributed by atoms with E-state index in [9.17, 15) is 0 Å². The van der Waals surface area contributed by atoms with Crippen molar-refractivity contribution in [3.05, 3.63) is 28.8 Å². The molecule has 0 bridgehead atoms. The van der Waals surface area contributed by atoms with Crippen molar-refractivity contribution < 1.29 is 4.74 Å². The number of rotatable bonds is 7. The molecule has 0 atom stereocenters. The summed E-state index contributed by atoms with van der Waals surface area (Å²) < 4.78 is 5.81. The Balaban J connectivity index is 1.86. The zero-order valence-electron chi connectivity index (χ0n) is 13.9. The van der Waals surface area contributed by atoms with Gasteiger partial charge in [0.15, 0.2) is 0 Å². The highest BCUT2D eigenvalue weighted by molar-refractivity contribution is 5.43. The lowest BCUT2D eigenvalue weighted by atomic mass is 9.98. The molecule has 21 heavy (non-hydrogen) atoms. The van der Waals surface area contributed by atoms with E-state index < -0.39 is 0 Å². The molecular formula is C18H30N2O. The molecule has 0 radical (unpaired) electrons. The van der Waals surface area contributed by atoms with E-state index in [4.69, 9.17) is 4.74 Å². The Bertz CT molecular complexity index is 439. The van der Waals surface area contributed by atoms with E-state index in [0.29, 0.717) is 0 Å². The zero-order valence-corrected chi connectivity index (χ0v) is 13.9. The first kappa shape index (κ1) is 16.3. The number of benzene rings is 1. The van der Waals surface area contributed by atoms with Gasteiger partial charge in [-0.2, -0.15) is 0 Å². The summed E-state index contributed by atoms with van der Waals surface area (Å²) in [6, 6.07) is 4.41. The second kappa shape index (κ2) is 8.40. The molecule has 0 saturated carbocycles. The third kappa shape index (κ3) is 4.72. The summed E-state index contributed by atoms with van der Waals surface area (Å²) in [5.41, 5.74) is 4.19. The predicted molar refractivity (Wildman–Crippen MR) is 89.3 cm³/mol. The van der Waals surface area contributed by atoms with E-state index in [-0.39, 0.29) is 0 Å². The summed E-state index contributed by atoms with van der Waals surface area (Å²) in [7, 11) is 0. The third-order valence-corrected chi connectivity index (χ3v) is 4.44. The quantitative estimate of drug-likeness (QED) is 0.835. The minimum Gasteiger partial charge on any atom is -0.493 e. The van der Waals surface area contributed by atoms with E-state index in [1.165, 1.54) is 49.2 Å². The second-order valence-electron chi connectivity index (χ2n) is 6.02. The SMILES string of the molecule is CCCOc1ccc(CCCN2CCNCC2)c(C)c1C. The fourth-order valence-electron chi connectivity index (χ4n) is 2.92. The van der Waals surface area contributed by atoms with Gasteiger partial charge in [0.05, 0.1) is 6.61 Å². The fraction of sp³-hybridized carbons (Fsp3) is 0.667. The molecule has 1 heterocycles. The van der Waals surface area contributed by atoms with Crippen LogP contribution in [0.15, 0.2) is 12.1 Å². The first-order valence-electron chi connectivity index (χ1n) is 8.37. The highest BCUT2D eigenvalue weighted by Crippen LogP contribution is 2.25. The Morgan fingerprint density at radius 2 is 1.90 bits per heavy atom. The van der Waals surface area contributed by atoms with Crippen molar-refractivity contribution in [3.8, 4) is 5.75 Å². The maximum absolute atomic E-state index is 5.81. The lowest BCUT2D eigenvalue weighted by molar-refractivity contribution is 0.238. The number of hydrogen-bond donors (Lipinski definition) is 1. The van der Waals surface area contributed by atoms with Crippen LogP contribution in [0.5, 0.6) is 5.75 Å². The van der Waals surface area contributed by atoms with Crippen LogP contribution < -0.4 is 10.1 Å². The average molecular weight is 290 g/mol. The minimum absolute atomic E-state index is 0.808. The van der Waals surface area contributed by atoms with Gasteiger partial charge in [-0.3, -0.25) is 0 Å². The van der Waals surface area contributed by atoms with Gasteiger partial charge in [-0.15, -0.1) is 0 Å². The van der Waals surface area contributed by atoms with Crippen LogP contribution in [-0.4, -0.2) is 44.2 Å². The Morgan fingerprint density at radius 1 is 1.14 bits per heavy atom. The molecule has 0 aliphatic carbocycles. The van der Waals surface area contributed by atoms with Crippen LogP contribution in [0, 0.1) is 13.8 Å². The molecule has 1 aromatic rings. The van der Waals surface area contributed by atoms with Crippen LogP contribution in [-0.2, 0) is 6.42 Å². The molecule has 1 aromatic carbocycles. The summed E-state index contributed by atoms with van der Waals surface area (Å²) in [5.74, 6) is 1.06. The molecule has 0 amide bonds. The molecule has 1 aliphatic heterocycles. The van der Waals surface area contributed by atoms with E-state index in [1.54, 1.807) is 0 Å².